The number of rotatable bonds is 2. The zero-order valence-corrected chi connectivity index (χ0v) is 6.81. The molecule has 0 aliphatic heterocycles. The Morgan fingerprint density at radius 1 is 1.30 bits per heavy atom. The molecule has 0 N–H and O–H groups in total. The lowest BCUT2D eigenvalue weighted by atomic mass is 10.2. The smallest absolute Gasteiger partial charge is 0.0940 e. The van der Waals surface area contributed by atoms with Gasteiger partial charge in [-0.3, -0.25) is 0 Å². The largest absolute Gasteiger partial charge is 0.193 e. The lowest BCUT2D eigenvalue weighted by Gasteiger charge is -1.86. The fourth-order valence-electron chi connectivity index (χ4n) is 0.517. The Morgan fingerprint density at radius 3 is 2.30 bits per heavy atom. The standard InChI is InChI=1S/C9H13N/c1-8(2)5-4-6-9(3)7-10/h5-6H,4H2,1-3H3/b9-6+. The quantitative estimate of drug-likeness (QED) is 0.422. The minimum atomic E-state index is 0.789. The van der Waals surface area contributed by atoms with E-state index in [9.17, 15) is 0 Å². The Balaban J connectivity index is 3.77. The lowest BCUT2D eigenvalue weighted by molar-refractivity contribution is 1.26. The van der Waals surface area contributed by atoms with Crippen LogP contribution in [0, 0.1) is 11.3 Å². The normalized spacial score (nSPS) is 10.4. The first-order chi connectivity index (χ1) is 4.66. The van der Waals surface area contributed by atoms with Gasteiger partial charge in [-0.15, -0.1) is 0 Å². The first kappa shape index (κ1) is 8.97. The molecule has 0 radical (unpaired) electrons. The predicted octanol–water partition coefficient (Wildman–Crippen LogP) is 2.81. The van der Waals surface area contributed by atoms with Crippen molar-refractivity contribution in [1.82, 2.24) is 0 Å². The molecule has 0 spiro atoms. The van der Waals surface area contributed by atoms with Gasteiger partial charge in [0.15, 0.2) is 0 Å². The second kappa shape index (κ2) is 4.81. The first-order valence-corrected chi connectivity index (χ1v) is 3.37. The van der Waals surface area contributed by atoms with Crippen molar-refractivity contribution in [3.05, 3.63) is 23.3 Å². The van der Waals surface area contributed by atoms with Crippen LogP contribution < -0.4 is 0 Å². The van der Waals surface area contributed by atoms with Crippen molar-refractivity contribution in [3.63, 3.8) is 0 Å². The number of nitrogens with zero attached hydrogens (tertiary/aromatic N) is 1. The molecule has 1 heteroatoms. The highest BCUT2D eigenvalue weighted by Gasteiger charge is 1.80. The van der Waals surface area contributed by atoms with E-state index in [4.69, 9.17) is 5.26 Å². The highest BCUT2D eigenvalue weighted by Crippen LogP contribution is 1.97. The molecule has 0 bridgehead atoms. The summed E-state index contributed by atoms with van der Waals surface area (Å²) in [7, 11) is 0. The third-order valence-corrected chi connectivity index (χ3v) is 1.13. The Hall–Kier alpha value is -1.03. The van der Waals surface area contributed by atoms with E-state index >= 15 is 0 Å². The molecule has 0 heterocycles. The molecule has 0 saturated heterocycles. The fraction of sp³-hybridized carbons (Fsp3) is 0.444. The van der Waals surface area contributed by atoms with E-state index in [2.05, 4.69) is 26.0 Å². The molecule has 1 nitrogen and oxygen atoms in total. The summed E-state index contributed by atoms with van der Waals surface area (Å²) in [6.45, 7) is 5.92. The molecular formula is C9H13N. The van der Waals surface area contributed by atoms with Crippen LogP contribution in [0.1, 0.15) is 27.2 Å². The van der Waals surface area contributed by atoms with E-state index < -0.39 is 0 Å². The van der Waals surface area contributed by atoms with Gasteiger partial charge >= 0.3 is 0 Å². The second-order valence-corrected chi connectivity index (χ2v) is 2.52. The SMILES string of the molecule is CC(C)=CC/C=C(\C)C#N. The molecule has 0 atom stereocenters. The van der Waals surface area contributed by atoms with Gasteiger partial charge in [0.05, 0.1) is 6.07 Å². The summed E-state index contributed by atoms with van der Waals surface area (Å²) >= 11 is 0. The van der Waals surface area contributed by atoms with Gasteiger partial charge in [0.1, 0.15) is 0 Å². The predicted molar refractivity (Wildman–Crippen MR) is 43.4 cm³/mol. The molecule has 10 heavy (non-hydrogen) atoms. The van der Waals surface area contributed by atoms with Crippen LogP contribution in [0.5, 0.6) is 0 Å². The molecule has 0 fully saturated rings. The van der Waals surface area contributed by atoms with Crippen molar-refractivity contribution in [2.45, 2.75) is 27.2 Å². The molecular weight excluding hydrogens is 122 g/mol. The van der Waals surface area contributed by atoms with Gasteiger partial charge in [-0.2, -0.15) is 5.26 Å². The highest BCUT2D eigenvalue weighted by molar-refractivity contribution is 5.18. The van der Waals surface area contributed by atoms with Gasteiger partial charge < -0.3 is 0 Å². The van der Waals surface area contributed by atoms with Crippen molar-refractivity contribution in [3.8, 4) is 6.07 Å². The van der Waals surface area contributed by atoms with Gasteiger partial charge in [0.25, 0.3) is 0 Å². The minimum absolute atomic E-state index is 0.789. The summed E-state index contributed by atoms with van der Waals surface area (Å²) in [4.78, 5) is 0. The summed E-state index contributed by atoms with van der Waals surface area (Å²) in [5, 5.41) is 8.36. The van der Waals surface area contributed by atoms with Crippen molar-refractivity contribution in [2.75, 3.05) is 0 Å². The summed E-state index contributed by atoms with van der Waals surface area (Å²) in [6, 6.07) is 2.07. The van der Waals surface area contributed by atoms with Crippen LogP contribution in [-0.2, 0) is 0 Å². The average Bonchev–Trinajstić information content (AvgIpc) is 1.87. The summed E-state index contributed by atoms with van der Waals surface area (Å²) in [5.41, 5.74) is 2.08. The van der Waals surface area contributed by atoms with Crippen LogP contribution in [0.4, 0.5) is 0 Å². The number of nitriles is 1. The van der Waals surface area contributed by atoms with Gasteiger partial charge in [0, 0.05) is 5.57 Å². The molecule has 0 unspecified atom stereocenters. The maximum Gasteiger partial charge on any atom is 0.0940 e. The van der Waals surface area contributed by atoms with Crippen molar-refractivity contribution < 1.29 is 0 Å². The minimum Gasteiger partial charge on any atom is -0.193 e. The van der Waals surface area contributed by atoms with E-state index in [1.807, 2.05) is 13.0 Å². The Kier molecular flexibility index (Phi) is 4.32. The summed E-state index contributed by atoms with van der Waals surface area (Å²) in [5.74, 6) is 0. The van der Waals surface area contributed by atoms with Crippen molar-refractivity contribution in [2.24, 2.45) is 0 Å². The summed E-state index contributed by atoms with van der Waals surface area (Å²) < 4.78 is 0. The Bertz CT molecular complexity index is 187. The topological polar surface area (TPSA) is 23.8 Å². The number of hydrogen-bond acceptors (Lipinski definition) is 1. The molecule has 0 aromatic carbocycles. The molecule has 0 aromatic rings. The fourth-order valence-corrected chi connectivity index (χ4v) is 0.517. The van der Waals surface area contributed by atoms with E-state index in [0.29, 0.717) is 0 Å². The van der Waals surface area contributed by atoms with Crippen LogP contribution in [-0.4, -0.2) is 0 Å². The third-order valence-electron chi connectivity index (χ3n) is 1.13. The van der Waals surface area contributed by atoms with Crippen LogP contribution in [0.15, 0.2) is 23.3 Å². The third kappa shape index (κ3) is 5.11. The van der Waals surface area contributed by atoms with Gasteiger partial charge in [0.2, 0.25) is 0 Å². The second-order valence-electron chi connectivity index (χ2n) is 2.52. The van der Waals surface area contributed by atoms with Crippen molar-refractivity contribution >= 4 is 0 Å². The zero-order chi connectivity index (χ0) is 7.98. The first-order valence-electron chi connectivity index (χ1n) is 3.37. The molecule has 0 aliphatic rings. The molecule has 0 amide bonds. The van der Waals surface area contributed by atoms with Crippen molar-refractivity contribution in [1.29, 1.82) is 5.26 Å². The van der Waals surface area contributed by atoms with Crippen LogP contribution in [0.2, 0.25) is 0 Å². The van der Waals surface area contributed by atoms with E-state index in [1.165, 1.54) is 5.57 Å². The zero-order valence-electron chi connectivity index (χ0n) is 6.81. The summed E-state index contributed by atoms with van der Waals surface area (Å²) in [6.07, 6.45) is 4.90. The Labute approximate surface area is 62.7 Å². The lowest BCUT2D eigenvalue weighted by Crippen LogP contribution is -1.68. The van der Waals surface area contributed by atoms with Gasteiger partial charge in [-0.25, -0.2) is 0 Å². The van der Waals surface area contributed by atoms with Crippen LogP contribution in [0.3, 0.4) is 0 Å². The maximum absolute atomic E-state index is 8.36. The average molecular weight is 135 g/mol. The van der Waals surface area contributed by atoms with Gasteiger partial charge in [-0.05, 0) is 27.2 Å². The molecule has 0 aliphatic carbocycles. The van der Waals surface area contributed by atoms with Gasteiger partial charge in [-0.1, -0.05) is 17.7 Å². The van der Waals surface area contributed by atoms with E-state index in [1.54, 1.807) is 0 Å². The highest BCUT2D eigenvalue weighted by atomic mass is 14.2. The molecule has 54 valence electrons. The number of hydrogen-bond donors (Lipinski definition) is 0. The number of allylic oxidation sites excluding steroid dienone is 4. The van der Waals surface area contributed by atoms with E-state index in [0.717, 1.165) is 12.0 Å². The van der Waals surface area contributed by atoms with Crippen LogP contribution >= 0.6 is 0 Å². The monoisotopic (exact) mass is 135 g/mol. The molecule has 0 saturated carbocycles. The molecule has 0 rings (SSSR count). The maximum atomic E-state index is 8.36. The van der Waals surface area contributed by atoms with E-state index in [-0.39, 0.29) is 0 Å². The van der Waals surface area contributed by atoms with Crippen LogP contribution in [0.25, 0.3) is 0 Å². The molecule has 0 aromatic heterocycles. The Morgan fingerprint density at radius 2 is 1.90 bits per heavy atom.